The van der Waals surface area contributed by atoms with Crippen molar-refractivity contribution in [3.05, 3.63) is 64.1 Å². The molecule has 1 saturated carbocycles. The highest BCUT2D eigenvalue weighted by Gasteiger charge is 2.32. The molecule has 1 aliphatic heterocycles. The zero-order chi connectivity index (χ0) is 25.2. The fourth-order valence-corrected chi connectivity index (χ4v) is 5.69. The minimum Gasteiger partial charge on any atom is -0.486 e. The zero-order valence-corrected chi connectivity index (χ0v) is 21.1. The van der Waals surface area contributed by atoms with Crippen LogP contribution in [0.1, 0.15) is 68.6 Å². The van der Waals surface area contributed by atoms with Crippen LogP contribution in [0, 0.1) is 0 Å². The van der Waals surface area contributed by atoms with E-state index in [1.54, 1.807) is 6.26 Å². The highest BCUT2D eigenvalue weighted by molar-refractivity contribution is 5.83. The van der Waals surface area contributed by atoms with E-state index in [4.69, 9.17) is 13.9 Å². The summed E-state index contributed by atoms with van der Waals surface area (Å²) in [6.07, 6.45) is 8.30. The lowest BCUT2D eigenvalue weighted by Gasteiger charge is -2.39. The van der Waals surface area contributed by atoms with Gasteiger partial charge in [-0.15, -0.1) is 5.10 Å². The molecule has 37 heavy (non-hydrogen) atoms. The number of pyridine rings is 1. The van der Waals surface area contributed by atoms with Crippen molar-refractivity contribution in [3.8, 4) is 11.5 Å². The molecule has 1 aromatic carbocycles. The second-order valence-corrected chi connectivity index (χ2v) is 9.87. The van der Waals surface area contributed by atoms with Crippen LogP contribution in [0.3, 0.4) is 0 Å². The first-order valence-corrected chi connectivity index (χ1v) is 13.2. The zero-order valence-electron chi connectivity index (χ0n) is 21.1. The van der Waals surface area contributed by atoms with Crippen LogP contribution in [0.4, 0.5) is 0 Å². The number of fused-ring (bicyclic) bond motifs is 2. The molecule has 0 radical (unpaired) electrons. The molecular weight excluding hydrogens is 472 g/mol. The molecule has 4 aromatic rings. The summed E-state index contributed by atoms with van der Waals surface area (Å²) in [5, 5.41) is 13.7. The van der Waals surface area contributed by atoms with Crippen molar-refractivity contribution in [1.29, 1.82) is 0 Å². The lowest BCUT2D eigenvalue weighted by molar-refractivity contribution is 0.0842. The number of aromatic nitrogens is 5. The highest BCUT2D eigenvalue weighted by atomic mass is 16.6. The molecule has 10 nitrogen and oxygen atoms in total. The molecule has 4 heterocycles. The van der Waals surface area contributed by atoms with E-state index in [9.17, 15) is 4.79 Å². The molecule has 1 atom stereocenters. The van der Waals surface area contributed by atoms with Gasteiger partial charge < -0.3 is 18.9 Å². The fourth-order valence-electron chi connectivity index (χ4n) is 5.69. The first-order valence-electron chi connectivity index (χ1n) is 13.2. The molecule has 0 saturated heterocycles. The Labute approximate surface area is 214 Å². The third-order valence-electron chi connectivity index (χ3n) is 7.51. The number of hydrogen-bond acceptors (Lipinski definition) is 8. The van der Waals surface area contributed by atoms with Crippen LogP contribution < -0.4 is 15.0 Å². The second-order valence-electron chi connectivity index (χ2n) is 9.87. The van der Waals surface area contributed by atoms with Gasteiger partial charge in [-0.25, -0.2) is 4.68 Å². The van der Waals surface area contributed by atoms with Gasteiger partial charge in [-0.3, -0.25) is 9.69 Å². The van der Waals surface area contributed by atoms with Crippen LogP contribution >= 0.6 is 0 Å². The maximum atomic E-state index is 13.3. The summed E-state index contributed by atoms with van der Waals surface area (Å²) in [4.78, 5) is 18.8. The Bertz CT molecular complexity index is 1410. The Morgan fingerprint density at radius 2 is 1.95 bits per heavy atom. The quantitative estimate of drug-likeness (QED) is 0.380. The number of furan rings is 1. The first-order chi connectivity index (χ1) is 18.2. The van der Waals surface area contributed by atoms with Gasteiger partial charge in [0.15, 0.2) is 17.3 Å². The monoisotopic (exact) mass is 504 g/mol. The average Bonchev–Trinajstić information content (AvgIpc) is 3.61. The first kappa shape index (κ1) is 23.7. The number of aromatic amines is 1. The molecule has 6 rings (SSSR count). The summed E-state index contributed by atoms with van der Waals surface area (Å²) in [6, 6.07) is 9.90. The van der Waals surface area contributed by atoms with Gasteiger partial charge in [0.2, 0.25) is 0 Å². The number of nitrogens with zero attached hydrogens (tertiary/aromatic N) is 5. The molecule has 3 aromatic heterocycles. The molecule has 1 fully saturated rings. The summed E-state index contributed by atoms with van der Waals surface area (Å²) in [5.74, 6) is 2.97. The largest absolute Gasteiger partial charge is 0.486 e. The van der Waals surface area contributed by atoms with Gasteiger partial charge in [0.25, 0.3) is 5.56 Å². The fraction of sp³-hybridized carbons (Fsp3) is 0.481. The third kappa shape index (κ3) is 4.85. The van der Waals surface area contributed by atoms with E-state index in [-0.39, 0.29) is 11.6 Å². The Balaban J connectivity index is 1.36. The van der Waals surface area contributed by atoms with Gasteiger partial charge >= 0.3 is 0 Å². The predicted molar refractivity (Wildman–Crippen MR) is 137 cm³/mol. The smallest absolute Gasteiger partial charge is 0.252 e. The van der Waals surface area contributed by atoms with E-state index in [0.717, 1.165) is 47.3 Å². The Morgan fingerprint density at radius 1 is 1.14 bits per heavy atom. The number of benzene rings is 1. The average molecular weight is 505 g/mol. The van der Waals surface area contributed by atoms with Crippen LogP contribution in [0.15, 0.2) is 45.8 Å². The molecular formula is C27H32N6O4. The third-order valence-corrected chi connectivity index (χ3v) is 7.51. The maximum Gasteiger partial charge on any atom is 0.252 e. The molecule has 0 spiro atoms. The van der Waals surface area contributed by atoms with Gasteiger partial charge in [-0.2, -0.15) is 0 Å². The summed E-state index contributed by atoms with van der Waals surface area (Å²) in [6.45, 7) is 4.16. The molecule has 1 aliphatic carbocycles. The second kappa shape index (κ2) is 10.4. The van der Waals surface area contributed by atoms with E-state index in [1.807, 2.05) is 35.0 Å². The van der Waals surface area contributed by atoms with E-state index in [1.165, 1.54) is 19.3 Å². The highest BCUT2D eigenvalue weighted by Crippen LogP contribution is 2.35. The molecule has 1 N–H and O–H groups in total. The van der Waals surface area contributed by atoms with Crippen LogP contribution in [-0.2, 0) is 13.1 Å². The summed E-state index contributed by atoms with van der Waals surface area (Å²) >= 11 is 0. The number of tetrazole rings is 1. The Hall–Kier alpha value is -3.66. The van der Waals surface area contributed by atoms with Crippen LogP contribution in [0.25, 0.3) is 10.9 Å². The van der Waals surface area contributed by atoms with Gasteiger partial charge in [-0.1, -0.05) is 26.2 Å². The van der Waals surface area contributed by atoms with Crippen molar-refractivity contribution < 1.29 is 13.9 Å². The van der Waals surface area contributed by atoms with Crippen molar-refractivity contribution in [2.24, 2.45) is 0 Å². The number of ether oxygens (including phenoxy) is 2. The topological polar surface area (TPSA) is 111 Å². The normalized spacial score (nSPS) is 16.9. The van der Waals surface area contributed by atoms with Crippen molar-refractivity contribution >= 4 is 10.9 Å². The summed E-state index contributed by atoms with van der Waals surface area (Å²) in [7, 11) is 0. The van der Waals surface area contributed by atoms with Crippen molar-refractivity contribution in [3.63, 3.8) is 0 Å². The van der Waals surface area contributed by atoms with E-state index < -0.39 is 0 Å². The molecule has 0 unspecified atom stereocenters. The molecule has 0 amide bonds. The molecule has 10 heteroatoms. The van der Waals surface area contributed by atoms with Crippen LogP contribution in [-0.4, -0.2) is 49.3 Å². The molecule has 194 valence electrons. The number of rotatable bonds is 8. The maximum absolute atomic E-state index is 13.3. The predicted octanol–water partition coefficient (Wildman–Crippen LogP) is 4.21. The molecule has 2 aliphatic rings. The van der Waals surface area contributed by atoms with Crippen molar-refractivity contribution in [2.45, 2.75) is 70.6 Å². The summed E-state index contributed by atoms with van der Waals surface area (Å²) in [5.41, 5.74) is 1.38. The van der Waals surface area contributed by atoms with Crippen molar-refractivity contribution in [1.82, 2.24) is 30.1 Å². The van der Waals surface area contributed by atoms with Gasteiger partial charge in [0, 0.05) is 29.6 Å². The van der Waals surface area contributed by atoms with Gasteiger partial charge in [-0.05, 0) is 54.0 Å². The molecule has 0 bridgehead atoms. The number of nitrogens with one attached hydrogen (secondary N) is 1. The van der Waals surface area contributed by atoms with E-state index in [2.05, 4.69) is 32.3 Å². The van der Waals surface area contributed by atoms with Crippen LogP contribution in [0.2, 0.25) is 0 Å². The standard InChI is InChI=1S/C27H32N6O4/c1-2-23(26-29-30-31-33(26)17-21-9-6-10-35-21)32(20-7-4-3-5-8-20)16-19-13-18-14-24-25(37-12-11-36-24)15-22(18)28-27(19)34/h6,9-10,13-15,20,23H,2-5,7-8,11-12,16-17H2,1H3,(H,28,34)/t23-/m0/s1. The van der Waals surface area contributed by atoms with Gasteiger partial charge in [0.1, 0.15) is 25.5 Å². The van der Waals surface area contributed by atoms with Crippen molar-refractivity contribution in [2.75, 3.05) is 13.2 Å². The lowest BCUT2D eigenvalue weighted by Crippen LogP contribution is -2.41. The minimum absolute atomic E-state index is 0.0385. The Kier molecular flexibility index (Phi) is 6.65. The minimum atomic E-state index is -0.0879. The SMILES string of the molecule is CC[C@@H](c1nnnn1Cc1ccco1)N(Cc1cc2cc3c(cc2[nH]c1=O)OCCO3)C1CCCCC1. The van der Waals surface area contributed by atoms with Crippen LogP contribution in [0.5, 0.6) is 11.5 Å². The Morgan fingerprint density at radius 3 is 2.70 bits per heavy atom. The summed E-state index contributed by atoms with van der Waals surface area (Å²) < 4.78 is 18.8. The van der Waals surface area contributed by atoms with Gasteiger partial charge in [0.05, 0.1) is 17.8 Å². The lowest BCUT2D eigenvalue weighted by atomic mass is 9.92. The number of H-pyrrole nitrogens is 1. The van der Waals surface area contributed by atoms with E-state index >= 15 is 0 Å². The van der Waals surface area contributed by atoms with E-state index in [0.29, 0.717) is 43.8 Å². The number of hydrogen-bond donors (Lipinski definition) is 1.